The molecule has 24 rings (SSSR count). The van der Waals surface area contributed by atoms with E-state index >= 15 is 0 Å². The molecule has 4 amide bonds. The lowest BCUT2D eigenvalue weighted by atomic mass is 10.0. The highest BCUT2D eigenvalue weighted by Crippen LogP contribution is 2.28. The maximum absolute atomic E-state index is 13.3. The first-order valence-corrected chi connectivity index (χ1v) is 44.0. The van der Waals surface area contributed by atoms with Gasteiger partial charge in [-0.3, -0.25) is 19.2 Å². The van der Waals surface area contributed by atoms with Gasteiger partial charge in [-0.15, -0.1) is 0 Å². The highest BCUT2D eigenvalue weighted by Gasteiger charge is 2.28. The number of hydrogen-bond acceptors (Lipinski definition) is 17. The van der Waals surface area contributed by atoms with Crippen molar-refractivity contribution < 1.29 is 43.7 Å². The van der Waals surface area contributed by atoms with Crippen LogP contribution in [-0.2, 0) is 91.4 Å². The maximum atomic E-state index is 13.3. The third kappa shape index (κ3) is 21.3. The Morgan fingerprint density at radius 3 is 0.985 bits per heavy atom. The van der Waals surface area contributed by atoms with Crippen molar-refractivity contribution in [2.24, 2.45) is 0 Å². The van der Waals surface area contributed by atoms with Crippen LogP contribution in [0.3, 0.4) is 0 Å². The van der Waals surface area contributed by atoms with Gasteiger partial charge in [-0.05, 0) is 260 Å². The van der Waals surface area contributed by atoms with Gasteiger partial charge in [-0.1, -0.05) is 146 Å². The molecule has 8 aliphatic heterocycles. The Morgan fingerprint density at radius 1 is 0.354 bits per heavy atom. The van der Waals surface area contributed by atoms with Crippen LogP contribution < -0.4 is 21.3 Å². The number of methoxy groups -OCH3 is 1. The lowest BCUT2D eigenvalue weighted by molar-refractivity contribution is -0.142. The summed E-state index contributed by atoms with van der Waals surface area (Å²) in [5, 5.41) is 53.9. The predicted octanol–water partition coefficient (Wildman–Crippen LogP) is 14.5. The van der Waals surface area contributed by atoms with E-state index in [-0.39, 0.29) is 37.0 Å². The molecule has 652 valence electrons. The molecular weight excluding hydrogens is 1630 g/mol. The summed E-state index contributed by atoms with van der Waals surface area (Å²) in [6, 6.07) is 69.6. The third-order valence-corrected chi connectivity index (χ3v) is 23.7. The van der Waals surface area contributed by atoms with E-state index in [9.17, 15) is 39.0 Å². The fraction of sp³-hybridized carbons (Fsp3) is 0.219. The fourth-order valence-electron chi connectivity index (χ4n) is 16.7. The molecule has 8 aromatic heterocycles. The summed E-state index contributed by atoms with van der Waals surface area (Å²) >= 11 is 0. The second kappa shape index (κ2) is 41.0. The Bertz CT molecular complexity index is 6830. The van der Waals surface area contributed by atoms with Crippen molar-refractivity contribution in [1.29, 1.82) is 0 Å². The van der Waals surface area contributed by atoms with Crippen molar-refractivity contribution >= 4 is 79.5 Å². The second-order valence-electron chi connectivity index (χ2n) is 33.1. The van der Waals surface area contributed by atoms with Crippen LogP contribution in [0.25, 0.3) is 66.9 Å². The minimum absolute atomic E-state index is 0.141. The lowest BCUT2D eigenvalue weighted by Gasteiger charge is -2.18. The fourth-order valence-corrected chi connectivity index (χ4v) is 16.7. The van der Waals surface area contributed by atoms with Crippen LogP contribution in [-0.4, -0.2) is 150 Å². The monoisotopic (exact) mass is 1730 g/mol. The Balaban J connectivity index is 0.000000121. The summed E-state index contributed by atoms with van der Waals surface area (Å²) in [7, 11) is 1.32. The molecule has 0 fully saturated rings. The molecule has 0 spiro atoms. The number of esters is 1. The Kier molecular flexibility index (Phi) is 27.3. The maximum Gasteiger partial charge on any atom is 0.328 e. The first kappa shape index (κ1) is 86.8. The largest absolute Gasteiger partial charge is 0.467 e. The van der Waals surface area contributed by atoms with Crippen molar-refractivity contribution in [3.05, 3.63) is 381 Å². The zero-order chi connectivity index (χ0) is 89.2. The quantitative estimate of drug-likeness (QED) is 0.0542. The minimum atomic E-state index is -0.836. The summed E-state index contributed by atoms with van der Waals surface area (Å²) in [6.45, 7) is -0.294. The molecule has 16 heterocycles. The van der Waals surface area contributed by atoms with Gasteiger partial charge in [0.1, 0.15) is 12.3 Å². The molecule has 0 radical (unpaired) electrons. The number of nitrogens with one attached hydrogen (secondary N) is 4. The number of amides is 4. The number of aromatic nitrogens is 12. The molecule has 25 nitrogen and oxygen atoms in total. The van der Waals surface area contributed by atoms with E-state index in [0.29, 0.717) is 71.2 Å². The number of hydrogen-bond donors (Lipinski definition) is 6. The zero-order valence-electron chi connectivity index (χ0n) is 71.9. The molecule has 0 unspecified atom stereocenters. The topological polar surface area (TPSA) is 323 Å². The molecule has 6 N–H and O–H groups in total. The minimum Gasteiger partial charge on any atom is -0.467 e. The van der Waals surface area contributed by atoms with Gasteiger partial charge in [0.05, 0.1) is 82.8 Å². The first-order chi connectivity index (χ1) is 63.7. The molecular formula is C105H98N16O9. The summed E-state index contributed by atoms with van der Waals surface area (Å²) in [5.74, 6) is -0.0684. The number of fused-ring (bicyclic) bond motifs is 30. The number of allylic oxidation sites excluding steroid dienone is 4. The Labute approximate surface area is 751 Å². The number of carbonyl (C=O) groups excluding carboxylic acids is 6. The molecule has 8 aromatic carbocycles. The van der Waals surface area contributed by atoms with Gasteiger partial charge in [0, 0.05) is 77.5 Å². The van der Waals surface area contributed by atoms with E-state index in [1.807, 2.05) is 85.5 Å². The van der Waals surface area contributed by atoms with Crippen LogP contribution >= 0.6 is 0 Å². The number of nitrogens with zero attached hydrogens (tertiary/aromatic N) is 12. The standard InChI is InChI=1S/C27H24N4O3.C26H26N4O2.2C26H24N4O2/c1-34-27(33)24-16-20-10-8-18(9-11-20)5-2-3-6-19-12-13-23-21(15-19)17-31(30-23)25-22(26(32)29-24)7-4-14-28-25;3*31-17-22-15-20-9-7-18(8-10-20)4-1-2-5-19-11-12-24-21(14-19)16-30(29-24)25-23(26(32)28-22)6-3-13-27-25/h2-4,7-15,17,24H,5-6,16H2,1H3,(H,29,32);3,6-14,16,22,31H,1-2,4-5,15,17H2,(H,28,32);3,6-14,16-17,22H,1-2,4-5,15H2,(H,28,32);1-3,6-14,16,22,31H,4-5,15,17H2,(H,28,32)/t24-;3*22-/m0000/s1. The highest BCUT2D eigenvalue weighted by molar-refractivity contribution is 6.01. The molecule has 8 aliphatic rings. The average Bonchev–Trinajstić information content (AvgIpc) is 1.65. The van der Waals surface area contributed by atoms with Gasteiger partial charge >= 0.3 is 5.97 Å². The normalized spacial score (nSPS) is 16.6. The molecule has 16 aromatic rings. The van der Waals surface area contributed by atoms with Crippen LogP contribution in [0.4, 0.5) is 0 Å². The van der Waals surface area contributed by atoms with Crippen molar-refractivity contribution in [3.63, 3.8) is 0 Å². The Hall–Kier alpha value is -15.3. The average molecular weight is 1730 g/mol. The van der Waals surface area contributed by atoms with E-state index in [1.165, 1.54) is 51.6 Å². The number of carbonyl (C=O) groups is 6. The smallest absolute Gasteiger partial charge is 0.328 e. The first-order valence-electron chi connectivity index (χ1n) is 44.0. The molecule has 130 heavy (non-hydrogen) atoms. The number of benzene rings is 8. The van der Waals surface area contributed by atoms with Gasteiger partial charge in [0.25, 0.3) is 23.6 Å². The van der Waals surface area contributed by atoms with Crippen molar-refractivity contribution in [1.82, 2.24) is 80.3 Å². The third-order valence-electron chi connectivity index (χ3n) is 23.7. The summed E-state index contributed by atoms with van der Waals surface area (Å²) in [5.41, 5.74) is 18.9. The van der Waals surface area contributed by atoms with Crippen molar-refractivity contribution in [2.75, 3.05) is 20.3 Å². The van der Waals surface area contributed by atoms with E-state index in [0.717, 1.165) is 149 Å². The second-order valence-corrected chi connectivity index (χ2v) is 33.1. The SMILES string of the molecule is COC(=O)[C@@H]1Cc2ccc(cc2)CC=CCc2ccc3nn(cc3c2)-c2ncccc2C(=O)N1.O=C1N[C@H](CO)Cc2ccc(cc2)CC=CCc2ccc3nn(cc3c2)-c2ncccc21.O=C1N[C@H](CO)Cc2ccc(cc2)CCCCc2ccc3nn(cc3c2)-c2ncccc21.O=C[C@@H]1Cc2ccc(cc2)CCCCc2ccc3nn(cc3c2)-c2ncccc2C(=O)N1. The van der Waals surface area contributed by atoms with Gasteiger partial charge < -0.3 is 41.0 Å². The van der Waals surface area contributed by atoms with E-state index < -0.39 is 30.0 Å². The van der Waals surface area contributed by atoms with Crippen molar-refractivity contribution in [2.45, 2.75) is 127 Å². The number of ether oxygens (including phenoxy) is 1. The molecule has 4 atom stereocenters. The van der Waals surface area contributed by atoms with Gasteiger partial charge in [0.2, 0.25) is 0 Å². The van der Waals surface area contributed by atoms with Gasteiger partial charge in [-0.25, -0.2) is 43.5 Å². The molecule has 25 heteroatoms. The number of aliphatic hydroxyl groups excluding tert-OH is 2. The summed E-state index contributed by atoms with van der Waals surface area (Å²) < 4.78 is 11.5. The van der Waals surface area contributed by atoms with Gasteiger partial charge in [-0.2, -0.15) is 20.4 Å². The highest BCUT2D eigenvalue weighted by atomic mass is 16.5. The molecule has 20 bridgehead atoms. The molecule has 0 saturated carbocycles. The summed E-state index contributed by atoms with van der Waals surface area (Å²) in [6.07, 6.45) is 37.4. The molecule has 0 saturated heterocycles. The van der Waals surface area contributed by atoms with Crippen LogP contribution in [0, 0.1) is 0 Å². The van der Waals surface area contributed by atoms with Crippen LogP contribution in [0.1, 0.15) is 134 Å². The van der Waals surface area contributed by atoms with Gasteiger partial charge in [0.15, 0.2) is 23.3 Å². The van der Waals surface area contributed by atoms with E-state index in [4.69, 9.17) is 4.74 Å². The lowest BCUT2D eigenvalue weighted by Crippen LogP contribution is -2.43. The Morgan fingerprint density at radius 2 is 0.638 bits per heavy atom. The zero-order valence-corrected chi connectivity index (χ0v) is 71.9. The van der Waals surface area contributed by atoms with Crippen LogP contribution in [0.2, 0.25) is 0 Å². The number of pyridine rings is 4. The number of rotatable bonds is 4. The van der Waals surface area contributed by atoms with E-state index in [2.05, 4.69) is 195 Å². The van der Waals surface area contributed by atoms with Crippen LogP contribution in [0.15, 0.2) is 292 Å². The number of aryl methyl sites for hydroxylation is 4. The number of aliphatic hydroxyl groups is 2. The van der Waals surface area contributed by atoms with Crippen molar-refractivity contribution in [3.8, 4) is 23.3 Å². The summed E-state index contributed by atoms with van der Waals surface area (Å²) in [4.78, 5) is 94.5. The number of aldehydes is 1. The van der Waals surface area contributed by atoms with Crippen LogP contribution in [0.5, 0.6) is 0 Å². The van der Waals surface area contributed by atoms with E-state index in [1.54, 1.807) is 92.0 Å². The molecule has 0 aliphatic carbocycles. The predicted molar refractivity (Wildman–Crippen MR) is 500 cm³/mol.